The highest BCUT2D eigenvalue weighted by Crippen LogP contribution is 2.34. The van der Waals surface area contributed by atoms with Gasteiger partial charge in [0.15, 0.2) is 11.6 Å². The van der Waals surface area contributed by atoms with Gasteiger partial charge in [-0.15, -0.1) is 0 Å². The number of esters is 1. The van der Waals surface area contributed by atoms with E-state index in [1.54, 1.807) is 49.4 Å². The number of rotatable bonds is 14. The summed E-state index contributed by atoms with van der Waals surface area (Å²) in [5.74, 6) is -0.942. The number of nitrogens with zero attached hydrogens (tertiary/aromatic N) is 1. The second kappa shape index (κ2) is 15.6. The van der Waals surface area contributed by atoms with Gasteiger partial charge in [-0.05, 0) is 67.8 Å². The van der Waals surface area contributed by atoms with Gasteiger partial charge in [0.1, 0.15) is 11.4 Å². The van der Waals surface area contributed by atoms with Crippen LogP contribution in [0.5, 0.6) is 5.75 Å². The number of benzene rings is 2. The van der Waals surface area contributed by atoms with E-state index in [9.17, 15) is 24.0 Å². The number of halogens is 1. The quantitative estimate of drug-likeness (QED) is 0.0974. The van der Waals surface area contributed by atoms with Gasteiger partial charge < -0.3 is 33.2 Å². The Kier molecular flexibility index (Phi) is 11.6. The summed E-state index contributed by atoms with van der Waals surface area (Å²) >= 11 is 6.22. The summed E-state index contributed by atoms with van der Waals surface area (Å²) in [4.78, 5) is 66.7. The van der Waals surface area contributed by atoms with Crippen LogP contribution in [0.1, 0.15) is 59.6 Å². The average molecular weight is 667 g/mol. The van der Waals surface area contributed by atoms with Gasteiger partial charge in [0.05, 0.1) is 26.0 Å². The molecule has 0 saturated heterocycles. The van der Waals surface area contributed by atoms with Crippen molar-refractivity contribution in [2.24, 2.45) is 0 Å². The van der Waals surface area contributed by atoms with Crippen LogP contribution in [0.4, 0.5) is 4.79 Å². The van der Waals surface area contributed by atoms with Gasteiger partial charge in [0.2, 0.25) is 6.29 Å². The Bertz CT molecular complexity index is 1860. The van der Waals surface area contributed by atoms with Gasteiger partial charge in [-0.25, -0.2) is 9.59 Å². The van der Waals surface area contributed by atoms with Crippen molar-refractivity contribution in [3.8, 4) is 16.9 Å². The van der Waals surface area contributed by atoms with Gasteiger partial charge in [0, 0.05) is 60.2 Å². The molecule has 13 heteroatoms. The van der Waals surface area contributed by atoms with Crippen LogP contribution in [0.3, 0.4) is 0 Å². The number of ether oxygens (including phenoxy) is 5. The normalized spacial score (nSPS) is 12.3. The van der Waals surface area contributed by atoms with Crippen LogP contribution in [0, 0.1) is 0 Å². The second-order valence-corrected chi connectivity index (χ2v) is 11.0. The molecule has 1 N–H and O–H groups in total. The van der Waals surface area contributed by atoms with E-state index in [0.717, 1.165) is 0 Å². The highest BCUT2D eigenvalue weighted by atomic mass is 35.5. The van der Waals surface area contributed by atoms with Crippen molar-refractivity contribution < 1.29 is 42.9 Å². The number of carbonyl (C=O) groups is 4. The topological polar surface area (TPSA) is 152 Å². The molecule has 2 aromatic heterocycles. The first-order chi connectivity index (χ1) is 22.4. The van der Waals surface area contributed by atoms with Crippen LogP contribution in [0.15, 0.2) is 59.5 Å². The lowest BCUT2D eigenvalue weighted by molar-refractivity contribution is -0.122. The van der Waals surface area contributed by atoms with E-state index < -0.39 is 30.0 Å². The molecule has 4 rings (SSSR count). The summed E-state index contributed by atoms with van der Waals surface area (Å²) in [5.41, 5.74) is 2.08. The summed E-state index contributed by atoms with van der Waals surface area (Å²) in [6, 6.07) is 12.0. The standard InChI is InChI=1S/C34H35ClN2O10/c1-6-45-34(42)47-20(3)46-33(41)28-15-22-13-21(7-10-27(22)36-28)14-30(39)29(11-12-43-4)37-18-31(44-5)26(17-32(37)40)25-16-23(35)8-9-24(25)19(2)38/h7-10,13,15-18,20,29,36H,6,11-12,14H2,1-5H3/t20?,29-/m1/s1. The molecule has 2 atom stereocenters. The Morgan fingerprint density at radius 1 is 0.979 bits per heavy atom. The van der Waals surface area contributed by atoms with E-state index >= 15 is 0 Å². The first-order valence-electron chi connectivity index (χ1n) is 14.7. The lowest BCUT2D eigenvalue weighted by Gasteiger charge is -2.21. The summed E-state index contributed by atoms with van der Waals surface area (Å²) in [5, 5.41) is 1.02. The van der Waals surface area contributed by atoms with E-state index in [-0.39, 0.29) is 49.1 Å². The third kappa shape index (κ3) is 8.46. The zero-order valence-corrected chi connectivity index (χ0v) is 27.3. The molecule has 1 unspecified atom stereocenters. The molecule has 2 aromatic carbocycles. The number of pyridine rings is 1. The van der Waals surface area contributed by atoms with E-state index in [1.165, 1.54) is 44.9 Å². The molecular formula is C34H35ClN2O10. The van der Waals surface area contributed by atoms with Gasteiger partial charge in [-0.1, -0.05) is 17.7 Å². The molecule has 0 fully saturated rings. The first kappa shape index (κ1) is 34.9. The zero-order valence-electron chi connectivity index (χ0n) is 26.6. The summed E-state index contributed by atoms with van der Waals surface area (Å²) in [7, 11) is 2.93. The maximum Gasteiger partial charge on any atom is 0.511 e. The number of nitrogens with one attached hydrogen (secondary N) is 1. The van der Waals surface area contributed by atoms with Gasteiger partial charge in [0.25, 0.3) is 5.56 Å². The predicted octanol–water partition coefficient (Wildman–Crippen LogP) is 5.93. The van der Waals surface area contributed by atoms with Gasteiger partial charge in [-0.3, -0.25) is 14.4 Å². The summed E-state index contributed by atoms with van der Waals surface area (Å²) in [6.45, 7) is 4.74. The second-order valence-electron chi connectivity index (χ2n) is 10.6. The molecule has 0 aliphatic rings. The third-order valence-corrected chi connectivity index (χ3v) is 7.53. The number of hydrogen-bond donors (Lipinski definition) is 1. The minimum atomic E-state index is -1.18. The molecule has 0 spiro atoms. The number of Topliss-reactive ketones (excluding diaryl/α,β-unsaturated/α-hetero) is 2. The van der Waals surface area contributed by atoms with E-state index in [0.29, 0.717) is 38.2 Å². The Morgan fingerprint density at radius 3 is 2.43 bits per heavy atom. The van der Waals surface area contributed by atoms with Crippen LogP contribution in [-0.4, -0.2) is 67.0 Å². The average Bonchev–Trinajstić information content (AvgIpc) is 3.45. The molecule has 47 heavy (non-hydrogen) atoms. The maximum atomic E-state index is 13.8. The van der Waals surface area contributed by atoms with Gasteiger partial charge in [-0.2, -0.15) is 0 Å². The largest absolute Gasteiger partial charge is 0.511 e. The van der Waals surface area contributed by atoms with Crippen molar-refractivity contribution in [3.05, 3.63) is 86.9 Å². The smallest absolute Gasteiger partial charge is 0.495 e. The molecule has 4 aromatic rings. The van der Waals surface area contributed by atoms with Crippen molar-refractivity contribution in [3.63, 3.8) is 0 Å². The zero-order chi connectivity index (χ0) is 34.2. The number of methoxy groups -OCH3 is 2. The fourth-order valence-electron chi connectivity index (χ4n) is 5.12. The summed E-state index contributed by atoms with van der Waals surface area (Å²) in [6.07, 6.45) is -0.493. The Balaban J connectivity index is 1.60. The van der Waals surface area contributed by atoms with Crippen LogP contribution in [0.2, 0.25) is 5.02 Å². The van der Waals surface area contributed by atoms with E-state index in [4.69, 9.17) is 30.5 Å². The molecular weight excluding hydrogens is 632 g/mol. The Labute approximate surface area is 275 Å². The minimum absolute atomic E-state index is 0.0288. The SMILES string of the molecule is CCOC(=O)OC(C)OC(=O)c1cc2cc(CC(=O)[C@@H](CCOC)n3cc(OC)c(-c4cc(Cl)ccc4C(C)=O)cc3=O)ccc2[nH]1. The number of aromatic amines is 1. The number of H-pyrrole nitrogens is 1. The van der Waals surface area contributed by atoms with Crippen molar-refractivity contribution in [1.29, 1.82) is 0 Å². The van der Waals surface area contributed by atoms with Crippen molar-refractivity contribution in [1.82, 2.24) is 9.55 Å². The first-order valence-corrected chi connectivity index (χ1v) is 15.1. The molecule has 248 valence electrons. The molecule has 0 radical (unpaired) electrons. The molecule has 0 bridgehead atoms. The third-order valence-electron chi connectivity index (χ3n) is 7.30. The molecule has 0 aliphatic carbocycles. The molecule has 2 heterocycles. The van der Waals surface area contributed by atoms with Crippen molar-refractivity contribution in [2.45, 2.75) is 45.9 Å². The fraction of sp³-hybridized carbons (Fsp3) is 0.324. The monoisotopic (exact) mass is 666 g/mol. The van der Waals surface area contributed by atoms with Crippen LogP contribution < -0.4 is 10.3 Å². The Morgan fingerprint density at radius 2 is 1.74 bits per heavy atom. The minimum Gasteiger partial charge on any atom is -0.495 e. The Hall–Kier alpha value is -4.94. The number of ketones is 2. The highest BCUT2D eigenvalue weighted by Gasteiger charge is 2.25. The van der Waals surface area contributed by atoms with Crippen molar-refractivity contribution >= 4 is 46.2 Å². The van der Waals surface area contributed by atoms with Crippen molar-refractivity contribution in [2.75, 3.05) is 27.4 Å². The maximum absolute atomic E-state index is 13.8. The van der Waals surface area contributed by atoms with Crippen LogP contribution in [0.25, 0.3) is 22.0 Å². The highest BCUT2D eigenvalue weighted by molar-refractivity contribution is 6.31. The fourth-order valence-corrected chi connectivity index (χ4v) is 5.30. The number of carbonyl (C=O) groups excluding carboxylic acids is 4. The molecule has 0 aliphatic heterocycles. The summed E-state index contributed by atoms with van der Waals surface area (Å²) < 4.78 is 26.9. The van der Waals surface area contributed by atoms with E-state index in [2.05, 4.69) is 9.72 Å². The molecule has 12 nitrogen and oxygen atoms in total. The number of fused-ring (bicyclic) bond motifs is 1. The van der Waals surface area contributed by atoms with Gasteiger partial charge >= 0.3 is 12.1 Å². The molecule has 0 saturated carbocycles. The van der Waals surface area contributed by atoms with E-state index in [1.807, 2.05) is 0 Å². The lowest BCUT2D eigenvalue weighted by atomic mass is 9.96. The number of hydrogen-bond acceptors (Lipinski definition) is 10. The van der Waals surface area contributed by atoms with Crippen LogP contribution in [-0.2, 0) is 30.2 Å². The number of aromatic nitrogens is 2. The predicted molar refractivity (Wildman–Crippen MR) is 173 cm³/mol. The molecule has 0 amide bonds. The lowest BCUT2D eigenvalue weighted by Crippen LogP contribution is -2.31. The van der Waals surface area contributed by atoms with Crippen LogP contribution >= 0.6 is 11.6 Å².